The van der Waals surface area contributed by atoms with E-state index in [9.17, 15) is 9.59 Å². The zero-order chi connectivity index (χ0) is 17.6. The molecule has 0 saturated carbocycles. The van der Waals surface area contributed by atoms with Crippen LogP contribution in [-0.2, 0) is 0 Å². The third-order valence-corrected chi connectivity index (χ3v) is 5.11. The summed E-state index contributed by atoms with van der Waals surface area (Å²) in [6, 6.07) is 12.3. The molecule has 124 valence electrons. The molecule has 4 aromatic rings. The van der Waals surface area contributed by atoms with Crippen molar-refractivity contribution in [3.05, 3.63) is 75.2 Å². The van der Waals surface area contributed by atoms with Crippen LogP contribution in [0.4, 0.5) is 5.69 Å². The molecule has 2 heterocycles. The molecule has 0 aliphatic carbocycles. The predicted molar refractivity (Wildman–Crippen MR) is 101 cm³/mol. The average Bonchev–Trinajstić information content (AvgIpc) is 2.96. The predicted octanol–water partition coefficient (Wildman–Crippen LogP) is 4.12. The molecule has 5 nitrogen and oxygen atoms in total. The molecule has 0 saturated heterocycles. The fraction of sp³-hybridized carbons (Fsp3) is 0.0556. The highest BCUT2D eigenvalue weighted by molar-refractivity contribution is 7.23. The summed E-state index contributed by atoms with van der Waals surface area (Å²) >= 11 is 7.27. The summed E-state index contributed by atoms with van der Waals surface area (Å²) in [7, 11) is 0. The van der Waals surface area contributed by atoms with Crippen molar-refractivity contribution in [1.82, 2.24) is 9.38 Å². The molecule has 2 aromatic heterocycles. The van der Waals surface area contributed by atoms with Gasteiger partial charge in [-0.1, -0.05) is 29.0 Å². The Hall–Kier alpha value is -2.70. The summed E-state index contributed by atoms with van der Waals surface area (Å²) in [5.41, 5.74) is 2.15. The molecule has 1 amide bonds. The minimum absolute atomic E-state index is 0.137. The Labute approximate surface area is 151 Å². The van der Waals surface area contributed by atoms with E-state index in [1.807, 2.05) is 25.1 Å². The number of halogens is 1. The van der Waals surface area contributed by atoms with E-state index in [2.05, 4.69) is 10.3 Å². The van der Waals surface area contributed by atoms with Gasteiger partial charge < -0.3 is 5.32 Å². The maximum atomic E-state index is 12.8. The van der Waals surface area contributed by atoms with Crippen LogP contribution in [0, 0.1) is 6.92 Å². The number of fused-ring (bicyclic) bond motifs is 3. The molecule has 0 radical (unpaired) electrons. The Morgan fingerprint density at radius 3 is 2.72 bits per heavy atom. The average molecular weight is 370 g/mol. The summed E-state index contributed by atoms with van der Waals surface area (Å²) in [5, 5.41) is 3.17. The van der Waals surface area contributed by atoms with E-state index < -0.39 is 0 Å². The summed E-state index contributed by atoms with van der Waals surface area (Å²) in [6.45, 7) is 2.00. The minimum atomic E-state index is -0.383. The molecule has 25 heavy (non-hydrogen) atoms. The number of amides is 1. The molecule has 7 heteroatoms. The first-order valence-corrected chi connectivity index (χ1v) is 8.70. The van der Waals surface area contributed by atoms with Crippen LogP contribution in [0.2, 0.25) is 5.02 Å². The largest absolute Gasteiger partial charge is 0.316 e. The zero-order valence-electron chi connectivity index (χ0n) is 13.1. The van der Waals surface area contributed by atoms with Crippen molar-refractivity contribution in [3.63, 3.8) is 0 Å². The highest BCUT2D eigenvalue weighted by atomic mass is 35.5. The van der Waals surface area contributed by atoms with E-state index in [-0.39, 0.29) is 17.2 Å². The Morgan fingerprint density at radius 2 is 1.96 bits per heavy atom. The zero-order valence-corrected chi connectivity index (χ0v) is 14.7. The van der Waals surface area contributed by atoms with E-state index in [4.69, 9.17) is 11.6 Å². The topological polar surface area (TPSA) is 63.5 Å². The Morgan fingerprint density at radius 1 is 1.20 bits per heavy atom. The number of benzene rings is 2. The summed E-state index contributed by atoms with van der Waals surface area (Å²) in [5.74, 6) is -0.383. The van der Waals surface area contributed by atoms with Gasteiger partial charge in [0.2, 0.25) is 0 Å². The lowest BCUT2D eigenvalue weighted by molar-refractivity contribution is 0.102. The second kappa shape index (κ2) is 5.98. The number of rotatable bonds is 2. The quantitative estimate of drug-likeness (QED) is 0.578. The van der Waals surface area contributed by atoms with Crippen molar-refractivity contribution in [2.24, 2.45) is 0 Å². The first-order chi connectivity index (χ1) is 12.0. The number of carbonyl (C=O) groups is 1. The van der Waals surface area contributed by atoms with Gasteiger partial charge in [-0.3, -0.25) is 9.59 Å². The normalized spacial score (nSPS) is 11.1. The van der Waals surface area contributed by atoms with Gasteiger partial charge in [0, 0.05) is 10.6 Å². The smallest absolute Gasteiger partial charge is 0.282 e. The molecule has 1 N–H and O–H groups in total. The molecule has 4 rings (SSSR count). The highest BCUT2D eigenvalue weighted by Crippen LogP contribution is 2.25. The fourth-order valence-corrected chi connectivity index (χ4v) is 3.80. The van der Waals surface area contributed by atoms with Gasteiger partial charge in [0.25, 0.3) is 11.5 Å². The lowest BCUT2D eigenvalue weighted by Crippen LogP contribution is -2.22. The minimum Gasteiger partial charge on any atom is -0.316 e. The van der Waals surface area contributed by atoms with Crippen LogP contribution in [0.3, 0.4) is 0 Å². The van der Waals surface area contributed by atoms with Gasteiger partial charge in [0.05, 0.1) is 16.4 Å². The number of carbonyl (C=O) groups excluding carboxylic acids is 1. The molecule has 0 bridgehead atoms. The molecular formula is C18H12ClN3O2S. The van der Waals surface area contributed by atoms with Gasteiger partial charge in [0.15, 0.2) is 4.96 Å². The molecule has 0 unspecified atom stereocenters. The Bertz CT molecular complexity index is 1180. The van der Waals surface area contributed by atoms with Crippen molar-refractivity contribution in [2.45, 2.75) is 6.92 Å². The third-order valence-electron chi connectivity index (χ3n) is 3.84. The number of nitrogens with one attached hydrogen (secondary N) is 1. The van der Waals surface area contributed by atoms with E-state index in [0.717, 1.165) is 15.8 Å². The van der Waals surface area contributed by atoms with Crippen LogP contribution >= 0.6 is 22.9 Å². The number of aryl methyl sites for hydroxylation is 1. The fourth-order valence-electron chi connectivity index (χ4n) is 2.59. The monoisotopic (exact) mass is 369 g/mol. The van der Waals surface area contributed by atoms with Crippen LogP contribution in [0.15, 0.2) is 53.5 Å². The molecule has 0 aliphatic rings. The lowest BCUT2D eigenvalue weighted by atomic mass is 10.2. The van der Waals surface area contributed by atoms with Gasteiger partial charge in [0.1, 0.15) is 5.69 Å². The third kappa shape index (κ3) is 2.79. The first-order valence-electron chi connectivity index (χ1n) is 7.51. The van der Waals surface area contributed by atoms with Crippen molar-refractivity contribution in [1.29, 1.82) is 0 Å². The molecule has 0 fully saturated rings. The summed E-state index contributed by atoms with van der Waals surface area (Å²) < 4.78 is 2.50. The van der Waals surface area contributed by atoms with Crippen LogP contribution in [-0.4, -0.2) is 15.3 Å². The number of hydrogen-bond donors (Lipinski definition) is 1. The molecule has 0 aliphatic heterocycles. The van der Waals surface area contributed by atoms with Gasteiger partial charge >= 0.3 is 0 Å². The number of anilines is 1. The van der Waals surface area contributed by atoms with E-state index in [0.29, 0.717) is 15.5 Å². The van der Waals surface area contributed by atoms with Crippen LogP contribution < -0.4 is 10.9 Å². The lowest BCUT2D eigenvalue weighted by Gasteiger charge is -2.05. The SMILES string of the molecule is Cc1ccc2c(c1)sc1ncc(NC(=O)c3ccc(Cl)cc3)c(=O)n12. The second-order valence-corrected chi connectivity index (χ2v) is 7.07. The first kappa shape index (κ1) is 15.8. The van der Waals surface area contributed by atoms with Crippen LogP contribution in [0.25, 0.3) is 15.2 Å². The Kier molecular flexibility index (Phi) is 3.78. The van der Waals surface area contributed by atoms with Gasteiger partial charge in [-0.15, -0.1) is 0 Å². The molecule has 0 atom stereocenters. The van der Waals surface area contributed by atoms with Crippen molar-refractivity contribution in [3.8, 4) is 0 Å². The number of hydrogen-bond acceptors (Lipinski definition) is 4. The van der Waals surface area contributed by atoms with E-state index in [1.54, 1.807) is 24.3 Å². The second-order valence-electron chi connectivity index (χ2n) is 5.63. The maximum absolute atomic E-state index is 12.8. The van der Waals surface area contributed by atoms with Gasteiger partial charge in [-0.2, -0.15) is 0 Å². The summed E-state index contributed by atoms with van der Waals surface area (Å²) in [4.78, 5) is 30.0. The van der Waals surface area contributed by atoms with E-state index in [1.165, 1.54) is 21.9 Å². The van der Waals surface area contributed by atoms with Crippen molar-refractivity contribution in [2.75, 3.05) is 5.32 Å². The number of aromatic nitrogens is 2. The Balaban J connectivity index is 1.79. The number of thiazole rings is 1. The summed E-state index contributed by atoms with van der Waals surface area (Å²) in [6.07, 6.45) is 1.40. The standard InChI is InChI=1S/C18H12ClN3O2S/c1-10-2-7-14-15(8-10)25-18-20-9-13(17(24)22(14)18)21-16(23)11-3-5-12(19)6-4-11/h2-9H,1H3,(H,21,23). The van der Waals surface area contributed by atoms with Gasteiger partial charge in [-0.05, 0) is 48.9 Å². The van der Waals surface area contributed by atoms with Crippen molar-refractivity contribution >= 4 is 49.7 Å². The van der Waals surface area contributed by atoms with Crippen LogP contribution in [0.1, 0.15) is 15.9 Å². The molecular weight excluding hydrogens is 358 g/mol. The highest BCUT2D eigenvalue weighted by Gasteiger charge is 2.14. The molecule has 2 aromatic carbocycles. The molecule has 0 spiro atoms. The maximum Gasteiger partial charge on any atom is 0.282 e. The van der Waals surface area contributed by atoms with Crippen molar-refractivity contribution < 1.29 is 4.79 Å². The van der Waals surface area contributed by atoms with E-state index >= 15 is 0 Å². The van der Waals surface area contributed by atoms with Gasteiger partial charge in [-0.25, -0.2) is 9.38 Å². The number of nitrogens with zero attached hydrogens (tertiary/aromatic N) is 2. The van der Waals surface area contributed by atoms with Crippen LogP contribution in [0.5, 0.6) is 0 Å².